The molecular weight excluding hydrogens is 246 g/mol. The zero-order chi connectivity index (χ0) is 10.6. The number of aliphatic imine (C=N–C) groups is 2. The highest BCUT2D eigenvalue weighted by atomic mass is 79.9. The molecule has 1 aromatic carbocycles. The first-order valence-electron chi connectivity index (χ1n) is 3.68. The van der Waals surface area contributed by atoms with Crippen molar-refractivity contribution in [2.24, 2.45) is 15.1 Å². The van der Waals surface area contributed by atoms with Crippen molar-refractivity contribution in [1.29, 1.82) is 0 Å². The van der Waals surface area contributed by atoms with Gasteiger partial charge in [0.05, 0.1) is 11.9 Å². The second-order valence-electron chi connectivity index (χ2n) is 2.39. The minimum atomic E-state index is 0.534. The predicted octanol–water partition coefficient (Wildman–Crippen LogP) is 2.92. The highest BCUT2D eigenvalue weighted by Crippen LogP contribution is 2.37. The van der Waals surface area contributed by atoms with Crippen molar-refractivity contribution < 1.29 is 5.21 Å². The molecule has 0 unspecified atom stereocenters. The third kappa shape index (κ3) is 1.88. The molecule has 1 N–H and O–H groups in total. The summed E-state index contributed by atoms with van der Waals surface area (Å²) in [5, 5.41) is 11.4. The van der Waals surface area contributed by atoms with Crippen LogP contribution in [-0.2, 0) is 0 Å². The van der Waals surface area contributed by atoms with E-state index in [1.807, 2.05) is 0 Å². The molecule has 0 radical (unpaired) electrons. The lowest BCUT2D eigenvalue weighted by Gasteiger charge is -2.05. The highest BCUT2D eigenvalue weighted by molar-refractivity contribution is 9.10. The van der Waals surface area contributed by atoms with Crippen molar-refractivity contribution in [3.63, 3.8) is 0 Å². The van der Waals surface area contributed by atoms with Crippen molar-refractivity contribution in [1.82, 2.24) is 0 Å². The molecule has 0 atom stereocenters. The zero-order valence-corrected chi connectivity index (χ0v) is 8.90. The van der Waals surface area contributed by atoms with Crippen LogP contribution in [0.4, 0.5) is 11.4 Å². The van der Waals surface area contributed by atoms with Crippen LogP contribution in [0.25, 0.3) is 0 Å². The van der Waals surface area contributed by atoms with Crippen LogP contribution in [0.1, 0.15) is 5.56 Å². The van der Waals surface area contributed by atoms with Crippen LogP contribution in [-0.4, -0.2) is 24.9 Å². The maximum Gasteiger partial charge on any atom is 0.103 e. The zero-order valence-electron chi connectivity index (χ0n) is 7.31. The standard InChI is InChI=1S/C9H8BrN3O/c1-11-8-6(5-13-14)3-4-7(10)9(8)12-2/h3-5,14H,1-2H2/b13-5+. The minimum absolute atomic E-state index is 0.534. The smallest absolute Gasteiger partial charge is 0.103 e. The van der Waals surface area contributed by atoms with E-state index in [0.717, 1.165) is 4.47 Å². The maximum absolute atomic E-state index is 8.42. The van der Waals surface area contributed by atoms with Gasteiger partial charge < -0.3 is 5.21 Å². The van der Waals surface area contributed by atoms with Crippen molar-refractivity contribution in [3.8, 4) is 0 Å². The summed E-state index contributed by atoms with van der Waals surface area (Å²) in [4.78, 5) is 7.61. The molecule has 0 saturated heterocycles. The van der Waals surface area contributed by atoms with E-state index in [9.17, 15) is 0 Å². The molecule has 0 spiro atoms. The van der Waals surface area contributed by atoms with Gasteiger partial charge in [0.15, 0.2) is 0 Å². The van der Waals surface area contributed by atoms with Gasteiger partial charge >= 0.3 is 0 Å². The van der Waals surface area contributed by atoms with Gasteiger partial charge in [-0.05, 0) is 41.5 Å². The quantitative estimate of drug-likeness (QED) is 0.503. The Morgan fingerprint density at radius 2 is 1.86 bits per heavy atom. The Morgan fingerprint density at radius 3 is 2.36 bits per heavy atom. The van der Waals surface area contributed by atoms with E-state index >= 15 is 0 Å². The molecule has 4 nitrogen and oxygen atoms in total. The molecule has 0 fully saturated rings. The topological polar surface area (TPSA) is 57.3 Å². The number of rotatable bonds is 3. The molecule has 5 heteroatoms. The summed E-state index contributed by atoms with van der Waals surface area (Å²) in [7, 11) is 0. The van der Waals surface area contributed by atoms with Gasteiger partial charge in [-0.15, -0.1) is 0 Å². The Bertz CT molecular complexity index is 401. The molecule has 0 bridgehead atoms. The summed E-state index contributed by atoms with van der Waals surface area (Å²) in [5.74, 6) is 0. The van der Waals surface area contributed by atoms with E-state index in [4.69, 9.17) is 5.21 Å². The molecule has 0 aliphatic rings. The van der Waals surface area contributed by atoms with Crippen molar-refractivity contribution in [2.45, 2.75) is 0 Å². The second-order valence-corrected chi connectivity index (χ2v) is 3.25. The molecule has 0 aliphatic heterocycles. The molecule has 0 heterocycles. The summed E-state index contributed by atoms with van der Waals surface area (Å²) in [6, 6.07) is 3.51. The van der Waals surface area contributed by atoms with Gasteiger partial charge in [0.25, 0.3) is 0 Å². The Hall–Kier alpha value is -1.49. The maximum atomic E-state index is 8.42. The largest absolute Gasteiger partial charge is 0.411 e. The Kier molecular flexibility index (Phi) is 3.53. The fourth-order valence-corrected chi connectivity index (χ4v) is 1.50. The Balaban J connectivity index is 3.47. The average molecular weight is 254 g/mol. The summed E-state index contributed by atoms with van der Waals surface area (Å²) in [6.45, 7) is 6.85. The molecule has 72 valence electrons. The second kappa shape index (κ2) is 4.66. The van der Waals surface area contributed by atoms with Gasteiger partial charge in [0.1, 0.15) is 5.69 Å². The third-order valence-corrected chi connectivity index (χ3v) is 2.29. The Labute approximate surface area is 89.8 Å². The van der Waals surface area contributed by atoms with Gasteiger partial charge in [0, 0.05) is 10.0 Å². The first kappa shape index (κ1) is 10.6. The van der Waals surface area contributed by atoms with Gasteiger partial charge in [-0.3, -0.25) is 9.98 Å². The fraction of sp³-hybridized carbons (Fsp3) is 0. The molecule has 0 saturated carbocycles. The predicted molar refractivity (Wildman–Crippen MR) is 61.9 cm³/mol. The summed E-state index contributed by atoms with van der Waals surface area (Å²) in [6.07, 6.45) is 1.27. The lowest BCUT2D eigenvalue weighted by molar-refractivity contribution is 0.322. The minimum Gasteiger partial charge on any atom is -0.411 e. The van der Waals surface area contributed by atoms with Crippen LogP contribution >= 0.6 is 15.9 Å². The van der Waals surface area contributed by atoms with E-state index in [0.29, 0.717) is 16.9 Å². The van der Waals surface area contributed by atoms with Crippen LogP contribution in [0.5, 0.6) is 0 Å². The van der Waals surface area contributed by atoms with E-state index in [2.05, 4.69) is 44.5 Å². The van der Waals surface area contributed by atoms with Crippen molar-refractivity contribution in [2.75, 3.05) is 0 Å². The van der Waals surface area contributed by atoms with Crippen LogP contribution in [0, 0.1) is 0 Å². The summed E-state index contributed by atoms with van der Waals surface area (Å²) in [5.41, 5.74) is 1.75. The van der Waals surface area contributed by atoms with Crippen LogP contribution in [0.15, 0.2) is 31.7 Å². The number of hydrogen-bond donors (Lipinski definition) is 1. The lowest BCUT2D eigenvalue weighted by atomic mass is 10.1. The molecule has 1 aromatic rings. The van der Waals surface area contributed by atoms with Crippen molar-refractivity contribution >= 4 is 47.0 Å². The first-order chi connectivity index (χ1) is 6.74. The van der Waals surface area contributed by atoms with Gasteiger partial charge in [-0.2, -0.15) is 0 Å². The van der Waals surface area contributed by atoms with Crippen LogP contribution in [0.2, 0.25) is 0 Å². The lowest BCUT2D eigenvalue weighted by Crippen LogP contribution is -1.83. The summed E-state index contributed by atoms with van der Waals surface area (Å²) < 4.78 is 0.769. The normalized spacial score (nSPS) is 10.4. The average Bonchev–Trinajstić information content (AvgIpc) is 2.20. The van der Waals surface area contributed by atoms with Gasteiger partial charge in [0.2, 0.25) is 0 Å². The molecule has 1 rings (SSSR count). The van der Waals surface area contributed by atoms with E-state index < -0.39 is 0 Å². The number of hydrogen-bond acceptors (Lipinski definition) is 4. The molecule has 0 aliphatic carbocycles. The van der Waals surface area contributed by atoms with Crippen LogP contribution < -0.4 is 0 Å². The fourth-order valence-electron chi connectivity index (χ4n) is 1.05. The highest BCUT2D eigenvalue weighted by Gasteiger charge is 2.08. The summed E-state index contributed by atoms with van der Waals surface area (Å²) >= 11 is 3.30. The molecule has 14 heavy (non-hydrogen) atoms. The number of halogens is 1. The van der Waals surface area contributed by atoms with Gasteiger partial charge in [-0.1, -0.05) is 5.16 Å². The van der Waals surface area contributed by atoms with E-state index in [-0.39, 0.29) is 0 Å². The van der Waals surface area contributed by atoms with Gasteiger partial charge in [-0.25, -0.2) is 0 Å². The monoisotopic (exact) mass is 253 g/mol. The van der Waals surface area contributed by atoms with Crippen LogP contribution in [0.3, 0.4) is 0 Å². The number of nitrogens with zero attached hydrogens (tertiary/aromatic N) is 3. The molecule has 0 amide bonds. The first-order valence-corrected chi connectivity index (χ1v) is 4.47. The number of benzene rings is 1. The van der Waals surface area contributed by atoms with E-state index in [1.165, 1.54) is 6.21 Å². The molecular formula is C9H8BrN3O. The Morgan fingerprint density at radius 1 is 1.21 bits per heavy atom. The van der Waals surface area contributed by atoms with Crippen molar-refractivity contribution in [3.05, 3.63) is 22.2 Å². The molecule has 0 aromatic heterocycles. The van der Waals surface area contributed by atoms with E-state index in [1.54, 1.807) is 12.1 Å². The SMILES string of the molecule is C=Nc1c(Br)ccc(/C=N/O)c1N=C. The third-order valence-electron chi connectivity index (χ3n) is 1.65. The number of oxime groups is 1.